The predicted octanol–water partition coefficient (Wildman–Crippen LogP) is 5.95. The highest BCUT2D eigenvalue weighted by atomic mass is 28.4. The van der Waals surface area contributed by atoms with Gasteiger partial charge in [0.2, 0.25) is 5.91 Å². The molecular weight excluding hydrogens is 504 g/mol. The number of piperazine rings is 1. The molecule has 3 saturated carbocycles. The molecule has 4 fully saturated rings. The molecule has 3 aliphatic carbocycles. The lowest BCUT2D eigenvalue weighted by Crippen LogP contribution is -2.56. The van der Waals surface area contributed by atoms with Crippen molar-refractivity contribution >= 4 is 31.2 Å². The van der Waals surface area contributed by atoms with E-state index >= 15 is 0 Å². The van der Waals surface area contributed by atoms with Crippen molar-refractivity contribution in [1.82, 2.24) is 19.4 Å². The molecule has 1 aliphatic heterocycles. The van der Waals surface area contributed by atoms with Crippen LogP contribution in [0.1, 0.15) is 106 Å². The number of carbonyl (C=O) groups excluding carboxylic acids is 2. The third-order valence-electron chi connectivity index (χ3n) is 10.2. The van der Waals surface area contributed by atoms with Gasteiger partial charge in [-0.1, -0.05) is 26.8 Å². The fraction of sp³-hybridized carbons (Fsp3) is 0.710. The monoisotopic (exact) mass is 550 g/mol. The van der Waals surface area contributed by atoms with Gasteiger partial charge >= 0.3 is 0 Å². The Morgan fingerprint density at radius 1 is 0.974 bits per heavy atom. The molecule has 2 aromatic rings. The third-order valence-corrected chi connectivity index (χ3v) is 14.7. The zero-order valence-electron chi connectivity index (χ0n) is 24.8. The van der Waals surface area contributed by atoms with Gasteiger partial charge in [0.15, 0.2) is 14.1 Å². The molecule has 0 radical (unpaired) electrons. The summed E-state index contributed by atoms with van der Waals surface area (Å²) in [6, 6.07) is 4.86. The first kappa shape index (κ1) is 27.0. The highest BCUT2D eigenvalue weighted by molar-refractivity contribution is 6.74. The Morgan fingerprint density at radius 3 is 2.23 bits per heavy atom. The number of hydrogen-bond acceptors (Lipinski definition) is 4. The van der Waals surface area contributed by atoms with E-state index in [1.54, 1.807) is 4.90 Å². The molecule has 39 heavy (non-hydrogen) atoms. The minimum atomic E-state index is -1.78. The largest absolute Gasteiger partial charge is 0.414 e. The van der Waals surface area contributed by atoms with E-state index in [9.17, 15) is 9.59 Å². The average Bonchev–Trinajstić information content (AvgIpc) is 3.80. The first-order valence-corrected chi connectivity index (χ1v) is 18.1. The molecule has 1 aromatic carbocycles. The Balaban J connectivity index is 1.11. The summed E-state index contributed by atoms with van der Waals surface area (Å²) in [6.07, 6.45) is 9.24. The third kappa shape index (κ3) is 5.19. The Labute approximate surface area is 234 Å². The van der Waals surface area contributed by atoms with Crippen molar-refractivity contribution in [3.8, 4) is 0 Å². The van der Waals surface area contributed by atoms with Gasteiger partial charge in [-0.2, -0.15) is 0 Å². The molecule has 8 heteroatoms. The van der Waals surface area contributed by atoms with Crippen molar-refractivity contribution in [2.75, 3.05) is 19.6 Å². The van der Waals surface area contributed by atoms with Gasteiger partial charge in [0, 0.05) is 32.3 Å². The van der Waals surface area contributed by atoms with Crippen molar-refractivity contribution in [3.05, 3.63) is 29.1 Å². The molecule has 1 aromatic heterocycles. The molecule has 0 atom stereocenters. The average molecular weight is 551 g/mol. The van der Waals surface area contributed by atoms with Crippen LogP contribution in [0, 0.1) is 0 Å². The molecule has 2 heterocycles. The smallest absolute Gasteiger partial charge is 0.290 e. The molecule has 212 valence electrons. The maximum Gasteiger partial charge on any atom is 0.290 e. The second-order valence-corrected chi connectivity index (χ2v) is 18.9. The van der Waals surface area contributed by atoms with Crippen LogP contribution in [-0.2, 0) is 16.3 Å². The summed E-state index contributed by atoms with van der Waals surface area (Å²) in [5.41, 5.74) is 4.76. The first-order chi connectivity index (χ1) is 18.4. The molecule has 0 unspecified atom stereocenters. The van der Waals surface area contributed by atoms with Gasteiger partial charge in [-0.15, -0.1) is 0 Å². The summed E-state index contributed by atoms with van der Waals surface area (Å²) in [5.74, 6) is 1.65. The van der Waals surface area contributed by atoms with Crippen LogP contribution < -0.4 is 0 Å². The van der Waals surface area contributed by atoms with Crippen molar-refractivity contribution < 1.29 is 14.0 Å². The lowest BCUT2D eigenvalue weighted by molar-refractivity contribution is -0.138. The number of imidazole rings is 1. The Hall–Kier alpha value is -2.19. The lowest BCUT2D eigenvalue weighted by Gasteiger charge is -2.44. The molecule has 4 aliphatic rings. The van der Waals surface area contributed by atoms with E-state index in [-0.39, 0.29) is 29.4 Å². The van der Waals surface area contributed by atoms with Gasteiger partial charge in [-0.25, -0.2) is 4.98 Å². The summed E-state index contributed by atoms with van der Waals surface area (Å²) in [4.78, 5) is 35.6. The topological polar surface area (TPSA) is 67.7 Å². The van der Waals surface area contributed by atoms with Gasteiger partial charge in [-0.05, 0) is 98.5 Å². The number of aromatic nitrogens is 2. The molecule has 0 N–H and O–H groups in total. The Morgan fingerprint density at radius 2 is 1.64 bits per heavy atom. The van der Waals surface area contributed by atoms with Crippen LogP contribution in [0.15, 0.2) is 12.1 Å². The Bertz CT molecular complexity index is 1280. The number of amides is 2. The van der Waals surface area contributed by atoms with Crippen molar-refractivity contribution in [2.24, 2.45) is 7.05 Å². The zero-order chi connectivity index (χ0) is 27.7. The minimum absolute atomic E-state index is 0.0665. The standard InChI is InChI=1S/C31H46N4O3Si/c1-31(2,3)39(5,6)38-24-13-11-23(12-14-24)35-16-15-34(19-27(35)36)30(37)29-32-28-25(21-9-10-21)17-22(20-7-8-20)18-26(28)33(29)4/h17-18,20-21,23-24H,7-16,19H2,1-6H3/t23-,24-. The number of fused-ring (bicyclic) bond motifs is 1. The zero-order valence-corrected chi connectivity index (χ0v) is 25.8. The van der Waals surface area contributed by atoms with Gasteiger partial charge in [0.25, 0.3) is 5.91 Å². The number of rotatable bonds is 6. The van der Waals surface area contributed by atoms with E-state index in [1.807, 2.05) is 16.5 Å². The summed E-state index contributed by atoms with van der Waals surface area (Å²) in [6.45, 7) is 12.8. The van der Waals surface area contributed by atoms with Crippen LogP contribution in [0.4, 0.5) is 0 Å². The van der Waals surface area contributed by atoms with Gasteiger partial charge in [0.05, 0.1) is 11.0 Å². The predicted molar refractivity (Wildman–Crippen MR) is 157 cm³/mol. The van der Waals surface area contributed by atoms with Gasteiger partial charge in [-0.3, -0.25) is 9.59 Å². The van der Waals surface area contributed by atoms with E-state index in [0.29, 0.717) is 36.9 Å². The summed E-state index contributed by atoms with van der Waals surface area (Å²) in [5, 5.41) is 0.209. The molecule has 0 spiro atoms. The fourth-order valence-electron chi connectivity index (χ4n) is 6.34. The molecule has 7 nitrogen and oxygen atoms in total. The van der Waals surface area contributed by atoms with E-state index in [1.165, 1.54) is 36.8 Å². The first-order valence-electron chi connectivity index (χ1n) is 15.2. The number of hydrogen-bond donors (Lipinski definition) is 0. The van der Waals surface area contributed by atoms with Crippen LogP contribution in [0.25, 0.3) is 11.0 Å². The molecular formula is C31H46N4O3Si. The van der Waals surface area contributed by atoms with E-state index in [4.69, 9.17) is 9.41 Å². The number of carbonyl (C=O) groups is 2. The molecule has 2 amide bonds. The highest BCUT2D eigenvalue weighted by Crippen LogP contribution is 2.47. The van der Waals surface area contributed by atoms with E-state index < -0.39 is 8.32 Å². The van der Waals surface area contributed by atoms with Crippen molar-refractivity contribution in [3.63, 3.8) is 0 Å². The second-order valence-electron chi connectivity index (χ2n) is 14.1. The fourth-order valence-corrected chi connectivity index (χ4v) is 7.76. The van der Waals surface area contributed by atoms with E-state index in [2.05, 4.69) is 46.0 Å². The SMILES string of the molecule is Cn1c(C(=O)N2CCN([C@H]3CC[C@H](O[Si](C)(C)C(C)(C)C)CC3)C(=O)C2)nc2c(C3CC3)cc(C3CC3)cc21. The minimum Gasteiger partial charge on any atom is -0.414 e. The summed E-state index contributed by atoms with van der Waals surface area (Å²) < 4.78 is 8.63. The normalized spacial score (nSPS) is 25.0. The quantitative estimate of drug-likeness (QED) is 0.417. The van der Waals surface area contributed by atoms with Crippen LogP contribution in [0.2, 0.25) is 18.1 Å². The maximum atomic E-state index is 13.7. The maximum absolute atomic E-state index is 13.7. The number of nitrogens with zero attached hydrogens (tertiary/aromatic N) is 4. The molecule has 0 bridgehead atoms. The lowest BCUT2D eigenvalue weighted by atomic mass is 9.91. The summed E-state index contributed by atoms with van der Waals surface area (Å²) >= 11 is 0. The highest BCUT2D eigenvalue weighted by Gasteiger charge is 2.41. The van der Waals surface area contributed by atoms with Crippen molar-refractivity contribution in [2.45, 2.75) is 114 Å². The molecule has 1 saturated heterocycles. The van der Waals surface area contributed by atoms with Crippen LogP contribution in [-0.4, -0.2) is 71.3 Å². The Kier molecular flexibility index (Phi) is 6.73. The van der Waals surface area contributed by atoms with Gasteiger partial charge < -0.3 is 18.8 Å². The number of aryl methyl sites for hydroxylation is 1. The van der Waals surface area contributed by atoms with Crippen LogP contribution in [0.3, 0.4) is 0 Å². The van der Waals surface area contributed by atoms with Gasteiger partial charge in [0.1, 0.15) is 6.54 Å². The molecule has 6 rings (SSSR count). The van der Waals surface area contributed by atoms with E-state index in [0.717, 1.165) is 36.7 Å². The van der Waals surface area contributed by atoms with Crippen molar-refractivity contribution in [1.29, 1.82) is 0 Å². The summed E-state index contributed by atoms with van der Waals surface area (Å²) in [7, 11) is 0.173. The number of benzene rings is 1. The van der Waals surface area contributed by atoms with Crippen LogP contribution >= 0.6 is 0 Å². The second kappa shape index (κ2) is 9.72. The van der Waals surface area contributed by atoms with Crippen LogP contribution in [0.5, 0.6) is 0 Å².